The van der Waals surface area contributed by atoms with Gasteiger partial charge in [0.15, 0.2) is 29.2 Å². The van der Waals surface area contributed by atoms with E-state index in [0.29, 0.717) is 11.6 Å². The van der Waals surface area contributed by atoms with Crippen molar-refractivity contribution in [2.45, 2.75) is 160 Å². The molecule has 4 rings (SSSR count). The Kier molecular flexibility index (Phi) is 17.6. The molecule has 7 nitrogen and oxygen atoms in total. The van der Waals surface area contributed by atoms with Gasteiger partial charge in [-0.2, -0.15) is 0 Å². The minimum absolute atomic E-state index is 0.00225. The smallest absolute Gasteiger partial charge is 0.192 e. The van der Waals surface area contributed by atoms with Crippen LogP contribution in [-0.2, 0) is 27.8 Å². The zero-order valence-corrected chi connectivity index (χ0v) is 34.2. The van der Waals surface area contributed by atoms with Crippen LogP contribution in [0, 0.1) is 11.8 Å². The van der Waals surface area contributed by atoms with E-state index in [9.17, 15) is 0 Å². The lowest BCUT2D eigenvalue weighted by atomic mass is 9.90. The Balaban J connectivity index is 1.63. The molecule has 3 fully saturated rings. The van der Waals surface area contributed by atoms with Gasteiger partial charge in [0, 0.05) is 30.8 Å². The van der Waals surface area contributed by atoms with Gasteiger partial charge in [-0.3, -0.25) is 0 Å². The maximum atomic E-state index is 7.37. The second-order valence-corrected chi connectivity index (χ2v) is 24.3. The first-order valence-corrected chi connectivity index (χ1v) is 25.2. The van der Waals surface area contributed by atoms with Gasteiger partial charge in [-0.25, -0.2) is 0 Å². The Morgan fingerprint density at radius 3 is 2.08 bits per heavy atom. The SMILES string of the molecule is CC[Si](CC)(CC)OCC[C@@H]1[C@@H](/C=C/[C@H](COc2cccc(Cl)c2)OC2CCCCO2)[C@H](OC2CCCCO2)C[C@@H]1O[Si](CC)(CC)CC. The summed E-state index contributed by atoms with van der Waals surface area (Å²) < 4.78 is 46.1. The minimum atomic E-state index is -1.88. The molecule has 0 spiro atoms. The van der Waals surface area contributed by atoms with E-state index in [-0.39, 0.29) is 42.7 Å². The third-order valence-electron chi connectivity index (χ3n) is 11.7. The summed E-state index contributed by atoms with van der Waals surface area (Å²) in [6.07, 6.45) is 12.1. The zero-order valence-electron chi connectivity index (χ0n) is 31.5. The molecule has 0 bridgehead atoms. The molecule has 49 heavy (non-hydrogen) atoms. The van der Waals surface area contributed by atoms with Crippen molar-refractivity contribution < 1.29 is 32.5 Å². The van der Waals surface area contributed by atoms with Crippen LogP contribution in [0.25, 0.3) is 0 Å². The van der Waals surface area contributed by atoms with Crippen molar-refractivity contribution >= 4 is 28.2 Å². The first-order chi connectivity index (χ1) is 23.8. The molecule has 2 saturated heterocycles. The van der Waals surface area contributed by atoms with E-state index in [1.54, 1.807) is 0 Å². The molecule has 3 aliphatic rings. The van der Waals surface area contributed by atoms with E-state index < -0.39 is 16.6 Å². The van der Waals surface area contributed by atoms with E-state index >= 15 is 0 Å². The number of ether oxygens (including phenoxy) is 5. The summed E-state index contributed by atoms with van der Waals surface area (Å²) in [5, 5.41) is 0.653. The number of benzene rings is 1. The van der Waals surface area contributed by atoms with Crippen LogP contribution in [0.4, 0.5) is 0 Å². The van der Waals surface area contributed by atoms with Gasteiger partial charge in [-0.05, 0) is 112 Å². The molecule has 0 radical (unpaired) electrons. The van der Waals surface area contributed by atoms with E-state index in [2.05, 4.69) is 53.7 Å². The normalized spacial score (nSPS) is 27.5. The number of rotatable bonds is 21. The summed E-state index contributed by atoms with van der Waals surface area (Å²) >= 11 is 6.28. The lowest BCUT2D eigenvalue weighted by Gasteiger charge is -2.36. The average molecular weight is 740 g/mol. The molecule has 1 saturated carbocycles. The fourth-order valence-corrected chi connectivity index (χ4v) is 13.7. The summed E-state index contributed by atoms with van der Waals surface area (Å²) in [6, 6.07) is 14.4. The van der Waals surface area contributed by atoms with E-state index in [0.717, 1.165) is 113 Å². The van der Waals surface area contributed by atoms with Crippen LogP contribution in [0.15, 0.2) is 36.4 Å². The van der Waals surface area contributed by atoms with Gasteiger partial charge in [-0.15, -0.1) is 0 Å². The van der Waals surface area contributed by atoms with Crippen LogP contribution >= 0.6 is 11.6 Å². The molecule has 2 heterocycles. The summed E-state index contributed by atoms with van der Waals surface area (Å²) in [5.74, 6) is 1.15. The van der Waals surface area contributed by atoms with Crippen molar-refractivity contribution in [2.24, 2.45) is 11.8 Å². The molecule has 7 atom stereocenters. The maximum absolute atomic E-state index is 7.37. The molecular formula is C39H67ClO7Si2. The van der Waals surface area contributed by atoms with Crippen molar-refractivity contribution in [2.75, 3.05) is 26.4 Å². The Labute approximate surface area is 305 Å². The molecule has 1 aromatic rings. The molecule has 1 aliphatic carbocycles. The fourth-order valence-electron chi connectivity index (χ4n) is 7.95. The Morgan fingerprint density at radius 1 is 0.837 bits per heavy atom. The van der Waals surface area contributed by atoms with Gasteiger partial charge in [0.25, 0.3) is 0 Å². The first kappa shape index (κ1) is 41.0. The summed E-state index contributed by atoms with van der Waals surface area (Å²) in [7, 11) is -3.60. The summed E-state index contributed by atoms with van der Waals surface area (Å²) in [4.78, 5) is 0. The van der Waals surface area contributed by atoms with Crippen molar-refractivity contribution in [1.29, 1.82) is 0 Å². The minimum Gasteiger partial charge on any atom is -0.490 e. The Hall–Kier alpha value is -0.756. The molecule has 0 N–H and O–H groups in total. The maximum Gasteiger partial charge on any atom is 0.192 e. The Bertz CT molecular complexity index is 1070. The second kappa shape index (κ2) is 21.1. The number of hydrogen-bond donors (Lipinski definition) is 0. The van der Waals surface area contributed by atoms with Crippen molar-refractivity contribution in [3.63, 3.8) is 0 Å². The van der Waals surface area contributed by atoms with E-state index in [1.165, 1.54) is 0 Å². The van der Waals surface area contributed by atoms with Crippen LogP contribution in [0.1, 0.15) is 92.9 Å². The van der Waals surface area contributed by atoms with Crippen LogP contribution in [-0.4, -0.2) is 74.0 Å². The van der Waals surface area contributed by atoms with Crippen LogP contribution in [0.2, 0.25) is 41.3 Å². The highest BCUT2D eigenvalue weighted by atomic mass is 35.5. The molecule has 280 valence electrons. The third-order valence-corrected chi connectivity index (χ3v) is 21.3. The molecule has 1 aromatic carbocycles. The number of hydrogen-bond acceptors (Lipinski definition) is 7. The topological polar surface area (TPSA) is 64.6 Å². The fraction of sp³-hybridized carbons (Fsp3) is 0.795. The van der Waals surface area contributed by atoms with Gasteiger partial charge in [-0.1, -0.05) is 71.4 Å². The quantitative estimate of drug-likeness (QED) is 0.0919. The monoisotopic (exact) mass is 738 g/mol. The zero-order chi connectivity index (χ0) is 35.1. The largest absolute Gasteiger partial charge is 0.490 e. The van der Waals surface area contributed by atoms with Crippen molar-refractivity contribution in [3.05, 3.63) is 41.4 Å². The molecular weight excluding hydrogens is 672 g/mol. The van der Waals surface area contributed by atoms with Gasteiger partial charge >= 0.3 is 0 Å². The van der Waals surface area contributed by atoms with Crippen molar-refractivity contribution in [3.8, 4) is 5.75 Å². The second-order valence-electron chi connectivity index (χ2n) is 14.4. The van der Waals surface area contributed by atoms with Gasteiger partial charge in [0.2, 0.25) is 0 Å². The summed E-state index contributed by atoms with van der Waals surface area (Å²) in [6.45, 7) is 16.5. The lowest BCUT2D eigenvalue weighted by molar-refractivity contribution is -0.193. The standard InChI is InChI=1S/C39H67ClO7Si2/c1-7-48(8-2,9-3)44-27-24-35-34(36(46-39-21-14-16-26-42-39)29-37(35)47-49(10-4,11-5)12-6)23-22-33(45-38-20-13-15-25-41-38)30-43-32-19-17-18-31(40)28-32/h17-19,22-23,28,33-39H,7-16,20-21,24-27,29-30H2,1-6H3/b23-22+/t33-,34-,35-,36-,37+,38?,39?/m1/s1. The lowest BCUT2D eigenvalue weighted by Crippen LogP contribution is -2.42. The van der Waals surface area contributed by atoms with Gasteiger partial charge in [0.05, 0.1) is 12.2 Å². The third kappa shape index (κ3) is 12.1. The molecule has 10 heteroatoms. The van der Waals surface area contributed by atoms with Gasteiger partial charge in [0.1, 0.15) is 18.5 Å². The molecule has 0 amide bonds. The highest BCUT2D eigenvalue weighted by molar-refractivity contribution is 6.74. The average Bonchev–Trinajstić information content (AvgIpc) is 3.45. The molecule has 0 aromatic heterocycles. The predicted octanol–water partition coefficient (Wildman–Crippen LogP) is 10.5. The van der Waals surface area contributed by atoms with Crippen LogP contribution < -0.4 is 4.74 Å². The van der Waals surface area contributed by atoms with E-state index in [1.807, 2.05) is 24.3 Å². The van der Waals surface area contributed by atoms with Crippen LogP contribution in [0.5, 0.6) is 5.75 Å². The number of halogens is 1. The highest BCUT2D eigenvalue weighted by Gasteiger charge is 2.47. The highest BCUT2D eigenvalue weighted by Crippen LogP contribution is 2.43. The van der Waals surface area contributed by atoms with Gasteiger partial charge < -0.3 is 32.5 Å². The molecule has 2 unspecified atom stereocenters. The Morgan fingerprint density at radius 2 is 1.49 bits per heavy atom. The van der Waals surface area contributed by atoms with Crippen molar-refractivity contribution in [1.82, 2.24) is 0 Å². The predicted molar refractivity (Wildman–Crippen MR) is 204 cm³/mol. The van der Waals surface area contributed by atoms with Crippen LogP contribution in [0.3, 0.4) is 0 Å². The molecule has 2 aliphatic heterocycles. The first-order valence-electron chi connectivity index (χ1n) is 19.7. The summed E-state index contributed by atoms with van der Waals surface area (Å²) in [5.41, 5.74) is 0. The van der Waals surface area contributed by atoms with E-state index in [4.69, 9.17) is 44.1 Å².